The number of hydrogen-bond acceptors (Lipinski definition) is 3. The lowest BCUT2D eigenvalue weighted by Crippen LogP contribution is -2.36. The molecular weight excluding hydrogens is 240 g/mol. The highest BCUT2D eigenvalue weighted by Crippen LogP contribution is 2.25. The van der Waals surface area contributed by atoms with Gasteiger partial charge >= 0.3 is 5.97 Å². The highest BCUT2D eigenvalue weighted by molar-refractivity contribution is 5.72. The van der Waals surface area contributed by atoms with Gasteiger partial charge < -0.3 is 15.0 Å². The van der Waals surface area contributed by atoms with Crippen molar-refractivity contribution in [3.05, 3.63) is 24.0 Å². The van der Waals surface area contributed by atoms with E-state index in [4.69, 9.17) is 4.74 Å². The van der Waals surface area contributed by atoms with Gasteiger partial charge in [-0.1, -0.05) is 0 Å². The second-order valence-electron chi connectivity index (χ2n) is 5.20. The first-order chi connectivity index (χ1) is 9.29. The fraction of sp³-hybridized carbons (Fsp3) is 0.667. The first-order valence-electron chi connectivity index (χ1n) is 7.32. The Morgan fingerprint density at radius 3 is 2.84 bits per heavy atom. The third kappa shape index (κ3) is 4.39. The normalized spacial score (nSPS) is 23.2. The van der Waals surface area contributed by atoms with Crippen molar-refractivity contribution in [2.75, 3.05) is 13.2 Å². The van der Waals surface area contributed by atoms with Crippen LogP contribution in [0.25, 0.3) is 0 Å². The monoisotopic (exact) mass is 264 g/mol. The molecule has 0 saturated heterocycles. The van der Waals surface area contributed by atoms with Crippen LogP contribution in [0.2, 0.25) is 0 Å². The molecular formula is C15H24N2O2. The highest BCUT2D eigenvalue weighted by atomic mass is 16.5. The minimum atomic E-state index is -0.00710. The first kappa shape index (κ1) is 14.1. The Labute approximate surface area is 114 Å². The van der Waals surface area contributed by atoms with Crippen molar-refractivity contribution >= 4 is 5.97 Å². The summed E-state index contributed by atoms with van der Waals surface area (Å²) in [4.78, 5) is 14.8. The minimum absolute atomic E-state index is 0.00710. The molecule has 1 heterocycles. The summed E-state index contributed by atoms with van der Waals surface area (Å²) in [6.45, 7) is 3.36. The molecule has 1 aromatic heterocycles. The van der Waals surface area contributed by atoms with E-state index in [0.29, 0.717) is 12.6 Å². The molecule has 1 saturated carbocycles. The van der Waals surface area contributed by atoms with E-state index in [0.717, 1.165) is 38.6 Å². The number of H-pyrrole nitrogens is 1. The van der Waals surface area contributed by atoms with Crippen LogP contribution in [-0.2, 0) is 16.0 Å². The quantitative estimate of drug-likeness (QED) is 0.775. The van der Waals surface area contributed by atoms with Crippen LogP contribution in [0.3, 0.4) is 0 Å². The maximum absolute atomic E-state index is 11.6. The van der Waals surface area contributed by atoms with E-state index in [1.165, 1.54) is 5.69 Å². The average molecular weight is 264 g/mol. The third-order valence-corrected chi connectivity index (χ3v) is 3.84. The van der Waals surface area contributed by atoms with Crippen LogP contribution in [-0.4, -0.2) is 30.1 Å². The molecule has 1 aliphatic carbocycles. The Hall–Kier alpha value is -1.29. The van der Waals surface area contributed by atoms with Gasteiger partial charge in [0.1, 0.15) is 0 Å². The molecule has 0 spiro atoms. The van der Waals surface area contributed by atoms with Gasteiger partial charge in [0.05, 0.1) is 12.5 Å². The van der Waals surface area contributed by atoms with Gasteiger partial charge in [0.25, 0.3) is 0 Å². The van der Waals surface area contributed by atoms with Crippen molar-refractivity contribution in [3.8, 4) is 0 Å². The fourth-order valence-corrected chi connectivity index (χ4v) is 2.73. The van der Waals surface area contributed by atoms with E-state index in [2.05, 4.69) is 16.4 Å². The zero-order valence-corrected chi connectivity index (χ0v) is 11.7. The number of rotatable bonds is 6. The molecule has 0 aromatic carbocycles. The zero-order chi connectivity index (χ0) is 13.5. The Bertz CT molecular complexity index is 368. The van der Waals surface area contributed by atoms with Crippen LogP contribution in [0, 0.1) is 5.92 Å². The molecule has 0 unspecified atom stereocenters. The van der Waals surface area contributed by atoms with Crippen LogP contribution >= 0.6 is 0 Å². The van der Waals surface area contributed by atoms with Crippen LogP contribution in [0.1, 0.15) is 38.3 Å². The minimum Gasteiger partial charge on any atom is -0.466 e. The van der Waals surface area contributed by atoms with Gasteiger partial charge in [-0.05, 0) is 51.2 Å². The van der Waals surface area contributed by atoms with Crippen LogP contribution in [0.5, 0.6) is 0 Å². The van der Waals surface area contributed by atoms with Gasteiger partial charge in [0, 0.05) is 24.5 Å². The molecule has 0 radical (unpaired) electrons. The van der Waals surface area contributed by atoms with Crippen molar-refractivity contribution in [1.82, 2.24) is 10.3 Å². The van der Waals surface area contributed by atoms with Gasteiger partial charge in [0.2, 0.25) is 0 Å². The lowest BCUT2D eigenvalue weighted by Gasteiger charge is -2.27. The third-order valence-electron chi connectivity index (χ3n) is 3.84. The van der Waals surface area contributed by atoms with Crippen LogP contribution in [0.15, 0.2) is 18.3 Å². The Balaban J connectivity index is 1.62. The van der Waals surface area contributed by atoms with Crippen molar-refractivity contribution in [1.29, 1.82) is 0 Å². The number of nitrogens with one attached hydrogen (secondary N) is 2. The number of ether oxygens (including phenoxy) is 1. The van der Waals surface area contributed by atoms with Gasteiger partial charge in [-0.2, -0.15) is 0 Å². The van der Waals surface area contributed by atoms with Crippen molar-refractivity contribution in [3.63, 3.8) is 0 Å². The lowest BCUT2D eigenvalue weighted by atomic mass is 9.86. The molecule has 0 atom stereocenters. The van der Waals surface area contributed by atoms with E-state index >= 15 is 0 Å². The van der Waals surface area contributed by atoms with E-state index < -0.39 is 0 Å². The largest absolute Gasteiger partial charge is 0.466 e. The average Bonchev–Trinajstić information content (AvgIpc) is 2.93. The zero-order valence-electron chi connectivity index (χ0n) is 11.7. The fourth-order valence-electron chi connectivity index (χ4n) is 2.73. The second-order valence-corrected chi connectivity index (χ2v) is 5.20. The summed E-state index contributed by atoms with van der Waals surface area (Å²) in [6.07, 6.45) is 7.06. The van der Waals surface area contributed by atoms with E-state index in [9.17, 15) is 4.79 Å². The molecule has 0 amide bonds. The van der Waals surface area contributed by atoms with Crippen LogP contribution < -0.4 is 5.32 Å². The van der Waals surface area contributed by atoms with E-state index in [-0.39, 0.29) is 11.9 Å². The molecule has 2 N–H and O–H groups in total. The second kappa shape index (κ2) is 7.34. The number of hydrogen-bond donors (Lipinski definition) is 2. The van der Waals surface area contributed by atoms with Crippen molar-refractivity contribution in [2.24, 2.45) is 5.92 Å². The first-order valence-corrected chi connectivity index (χ1v) is 7.32. The van der Waals surface area contributed by atoms with Gasteiger partial charge in [-0.3, -0.25) is 4.79 Å². The summed E-state index contributed by atoms with van der Waals surface area (Å²) in [5, 5.41) is 3.58. The molecule has 1 fully saturated rings. The number of carbonyl (C=O) groups is 1. The van der Waals surface area contributed by atoms with Crippen LogP contribution in [0.4, 0.5) is 0 Å². The molecule has 4 heteroatoms. The van der Waals surface area contributed by atoms with Gasteiger partial charge in [-0.25, -0.2) is 0 Å². The molecule has 19 heavy (non-hydrogen) atoms. The Morgan fingerprint density at radius 2 is 2.21 bits per heavy atom. The number of aromatic amines is 1. The predicted molar refractivity (Wildman–Crippen MR) is 74.9 cm³/mol. The maximum Gasteiger partial charge on any atom is 0.308 e. The predicted octanol–water partition coefficient (Wildman–Crippen LogP) is 2.27. The molecule has 0 aliphatic heterocycles. The van der Waals surface area contributed by atoms with E-state index in [1.807, 2.05) is 19.2 Å². The van der Waals surface area contributed by atoms with Gasteiger partial charge in [-0.15, -0.1) is 0 Å². The highest BCUT2D eigenvalue weighted by Gasteiger charge is 2.26. The maximum atomic E-state index is 11.6. The number of aromatic nitrogens is 1. The SMILES string of the molecule is CCOC(=O)C1CCC(NCCc2ccc[nH]2)CC1. The molecule has 4 nitrogen and oxygen atoms in total. The molecule has 106 valence electrons. The summed E-state index contributed by atoms with van der Waals surface area (Å²) >= 11 is 0. The smallest absolute Gasteiger partial charge is 0.308 e. The molecule has 1 aliphatic rings. The summed E-state index contributed by atoms with van der Waals surface area (Å²) in [5.74, 6) is 0.119. The standard InChI is InChI=1S/C15H24N2O2/c1-2-19-15(18)12-5-7-14(8-6-12)17-11-9-13-4-3-10-16-13/h3-4,10,12,14,16-17H,2,5-9,11H2,1H3. The Morgan fingerprint density at radius 1 is 1.42 bits per heavy atom. The summed E-state index contributed by atoms with van der Waals surface area (Å²) in [6, 6.07) is 4.69. The molecule has 2 rings (SSSR count). The van der Waals surface area contributed by atoms with Crippen molar-refractivity contribution in [2.45, 2.75) is 45.1 Å². The molecule has 1 aromatic rings. The summed E-state index contributed by atoms with van der Waals surface area (Å²) < 4.78 is 5.08. The summed E-state index contributed by atoms with van der Waals surface area (Å²) in [5.41, 5.74) is 1.27. The molecule has 0 bridgehead atoms. The van der Waals surface area contributed by atoms with Gasteiger partial charge in [0.15, 0.2) is 0 Å². The topological polar surface area (TPSA) is 54.1 Å². The summed E-state index contributed by atoms with van der Waals surface area (Å²) in [7, 11) is 0. The number of carbonyl (C=O) groups excluding carboxylic acids is 1. The lowest BCUT2D eigenvalue weighted by molar-refractivity contribution is -0.149. The Kier molecular flexibility index (Phi) is 5.45. The number of esters is 1. The van der Waals surface area contributed by atoms with E-state index in [1.54, 1.807) is 0 Å². The van der Waals surface area contributed by atoms with Crippen molar-refractivity contribution < 1.29 is 9.53 Å².